The number of para-hydroxylation sites is 1. The first kappa shape index (κ1) is 24.5. The Balaban J connectivity index is 1.34. The Morgan fingerprint density at radius 1 is 1.11 bits per heavy atom. The van der Waals surface area contributed by atoms with Gasteiger partial charge in [-0.05, 0) is 18.2 Å². The Morgan fingerprint density at radius 3 is 2.54 bits per heavy atom. The van der Waals surface area contributed by atoms with Crippen LogP contribution in [0.15, 0.2) is 53.5 Å². The van der Waals surface area contributed by atoms with E-state index in [-0.39, 0.29) is 35.6 Å². The molecular formula is C24H23N5O4S2. The number of fused-ring (bicyclic) bond motifs is 1. The van der Waals surface area contributed by atoms with Crippen molar-refractivity contribution < 1.29 is 14.5 Å². The van der Waals surface area contributed by atoms with Gasteiger partial charge in [0.2, 0.25) is 5.91 Å². The summed E-state index contributed by atoms with van der Waals surface area (Å²) >= 11 is 2.40. The van der Waals surface area contributed by atoms with Crippen molar-refractivity contribution >= 4 is 56.5 Å². The standard InChI is InChI=1S/C24H23N5O4S2/c1-2-10-28-20-9-8-19(29(32)33)15-21(20)35-24(28)25-22(30)16-34-17-23(31)27-13-11-26(12-14-27)18-6-4-3-5-7-18/h1,3-9,15H,10-14,16-17H2. The third-order valence-electron chi connectivity index (χ3n) is 5.55. The van der Waals surface area contributed by atoms with Gasteiger partial charge in [-0.2, -0.15) is 4.99 Å². The molecule has 0 radical (unpaired) electrons. The summed E-state index contributed by atoms with van der Waals surface area (Å²) in [7, 11) is 0. The Labute approximate surface area is 210 Å². The van der Waals surface area contributed by atoms with Gasteiger partial charge in [0.1, 0.15) is 0 Å². The highest BCUT2D eigenvalue weighted by atomic mass is 32.2. The molecule has 1 saturated heterocycles. The summed E-state index contributed by atoms with van der Waals surface area (Å²) in [6.45, 7) is 3.02. The van der Waals surface area contributed by atoms with Gasteiger partial charge in [-0.1, -0.05) is 35.5 Å². The van der Waals surface area contributed by atoms with E-state index >= 15 is 0 Å². The number of nitro benzene ring substituents is 1. The van der Waals surface area contributed by atoms with E-state index in [0.717, 1.165) is 18.8 Å². The third-order valence-corrected chi connectivity index (χ3v) is 7.49. The van der Waals surface area contributed by atoms with E-state index in [1.54, 1.807) is 10.6 Å². The van der Waals surface area contributed by atoms with Crippen LogP contribution in [0.4, 0.5) is 11.4 Å². The van der Waals surface area contributed by atoms with Gasteiger partial charge in [-0.3, -0.25) is 19.7 Å². The van der Waals surface area contributed by atoms with Crippen LogP contribution in [0.1, 0.15) is 0 Å². The highest BCUT2D eigenvalue weighted by molar-refractivity contribution is 8.00. The molecule has 3 aromatic rings. The first-order chi connectivity index (χ1) is 17.0. The molecule has 11 heteroatoms. The average Bonchev–Trinajstić information content (AvgIpc) is 3.20. The van der Waals surface area contributed by atoms with Gasteiger partial charge in [0.25, 0.3) is 11.6 Å². The van der Waals surface area contributed by atoms with Crippen LogP contribution in [0.5, 0.6) is 0 Å². The number of nitro groups is 1. The van der Waals surface area contributed by atoms with Crippen molar-refractivity contribution in [1.82, 2.24) is 9.47 Å². The maximum Gasteiger partial charge on any atom is 0.270 e. The van der Waals surface area contributed by atoms with Gasteiger partial charge in [0, 0.05) is 44.0 Å². The van der Waals surface area contributed by atoms with Crippen LogP contribution in [0, 0.1) is 22.5 Å². The zero-order valence-corrected chi connectivity index (χ0v) is 20.5. The average molecular weight is 510 g/mol. The minimum atomic E-state index is -0.470. The summed E-state index contributed by atoms with van der Waals surface area (Å²) in [4.78, 5) is 44.3. The lowest BCUT2D eigenvalue weighted by molar-refractivity contribution is -0.384. The minimum Gasteiger partial charge on any atom is -0.368 e. The number of rotatable bonds is 7. The number of hydrogen-bond donors (Lipinski definition) is 0. The Hall–Kier alpha value is -3.62. The van der Waals surface area contributed by atoms with E-state index in [0.29, 0.717) is 28.1 Å². The van der Waals surface area contributed by atoms with Crippen LogP contribution < -0.4 is 9.70 Å². The maximum absolute atomic E-state index is 12.6. The molecule has 2 amide bonds. The second-order valence-corrected chi connectivity index (χ2v) is 9.78. The summed E-state index contributed by atoms with van der Waals surface area (Å²) in [6.07, 6.45) is 5.46. The van der Waals surface area contributed by atoms with Crippen molar-refractivity contribution in [2.75, 3.05) is 42.6 Å². The fourth-order valence-electron chi connectivity index (χ4n) is 3.81. The van der Waals surface area contributed by atoms with E-state index in [1.807, 2.05) is 23.1 Å². The van der Waals surface area contributed by atoms with E-state index in [4.69, 9.17) is 6.42 Å². The number of benzene rings is 2. The van der Waals surface area contributed by atoms with Crippen molar-refractivity contribution in [2.45, 2.75) is 6.54 Å². The molecule has 1 aromatic heterocycles. The monoisotopic (exact) mass is 509 g/mol. The molecule has 4 rings (SSSR count). The largest absolute Gasteiger partial charge is 0.368 e. The number of thiazole rings is 1. The SMILES string of the molecule is C#CCn1c(=NC(=O)CSCC(=O)N2CCN(c3ccccc3)CC2)sc2cc([N+](=O)[O-])ccc21. The normalized spacial score (nSPS) is 14.2. The summed E-state index contributed by atoms with van der Waals surface area (Å²) in [5.41, 5.74) is 1.80. The molecule has 2 heterocycles. The number of nitrogens with zero attached hydrogens (tertiary/aromatic N) is 5. The molecule has 0 bridgehead atoms. The van der Waals surface area contributed by atoms with Gasteiger partial charge >= 0.3 is 0 Å². The van der Waals surface area contributed by atoms with Crippen molar-refractivity contribution in [3.63, 3.8) is 0 Å². The predicted molar refractivity (Wildman–Crippen MR) is 138 cm³/mol. The van der Waals surface area contributed by atoms with Crippen molar-refractivity contribution in [2.24, 2.45) is 4.99 Å². The number of piperazine rings is 1. The van der Waals surface area contributed by atoms with Gasteiger partial charge in [-0.25, -0.2) is 0 Å². The molecule has 0 spiro atoms. The first-order valence-electron chi connectivity index (χ1n) is 10.9. The predicted octanol–water partition coefficient (Wildman–Crippen LogP) is 2.75. The Kier molecular flexibility index (Phi) is 7.84. The fraction of sp³-hybridized carbons (Fsp3) is 0.292. The van der Waals surface area contributed by atoms with Gasteiger partial charge in [0.15, 0.2) is 4.80 Å². The molecule has 0 saturated carbocycles. The van der Waals surface area contributed by atoms with Crippen LogP contribution in [0.3, 0.4) is 0 Å². The molecule has 9 nitrogen and oxygen atoms in total. The van der Waals surface area contributed by atoms with Crippen LogP contribution in [0.25, 0.3) is 10.2 Å². The number of amides is 2. The fourth-order valence-corrected chi connectivity index (χ4v) is 5.59. The molecule has 1 aliphatic heterocycles. The summed E-state index contributed by atoms with van der Waals surface area (Å²) in [5, 5.41) is 11.1. The first-order valence-corrected chi connectivity index (χ1v) is 12.9. The number of hydrogen-bond acceptors (Lipinski definition) is 7. The lowest BCUT2D eigenvalue weighted by Crippen LogP contribution is -2.49. The zero-order valence-electron chi connectivity index (χ0n) is 18.8. The van der Waals surface area contributed by atoms with Gasteiger partial charge in [0.05, 0.1) is 33.2 Å². The number of thioether (sulfide) groups is 1. The maximum atomic E-state index is 12.6. The number of non-ortho nitro benzene ring substituents is 1. The summed E-state index contributed by atoms with van der Waals surface area (Å²) < 4.78 is 2.31. The van der Waals surface area contributed by atoms with Crippen LogP contribution in [-0.4, -0.2) is 63.9 Å². The van der Waals surface area contributed by atoms with Crippen LogP contribution in [-0.2, 0) is 16.1 Å². The number of anilines is 1. The highest BCUT2D eigenvalue weighted by Crippen LogP contribution is 2.23. The van der Waals surface area contributed by atoms with Crippen LogP contribution in [0.2, 0.25) is 0 Å². The van der Waals surface area contributed by atoms with Crippen molar-refractivity contribution in [3.8, 4) is 12.3 Å². The topological polar surface area (TPSA) is 101 Å². The molecular weight excluding hydrogens is 486 g/mol. The molecule has 180 valence electrons. The number of terminal acetylenes is 1. The molecule has 0 N–H and O–H groups in total. The lowest BCUT2D eigenvalue weighted by atomic mass is 10.2. The number of carbonyl (C=O) groups is 2. The van der Waals surface area contributed by atoms with E-state index < -0.39 is 4.92 Å². The number of aromatic nitrogens is 1. The minimum absolute atomic E-state index is 0.00655. The van der Waals surface area contributed by atoms with Crippen molar-refractivity contribution in [3.05, 3.63) is 63.4 Å². The second-order valence-electron chi connectivity index (χ2n) is 7.79. The second kappa shape index (κ2) is 11.2. The van der Waals surface area contributed by atoms with E-state index in [2.05, 4.69) is 27.9 Å². The third kappa shape index (κ3) is 5.90. The van der Waals surface area contributed by atoms with Gasteiger partial charge in [-0.15, -0.1) is 18.2 Å². The molecule has 1 fully saturated rings. The Morgan fingerprint density at radius 2 is 1.86 bits per heavy atom. The highest BCUT2D eigenvalue weighted by Gasteiger charge is 2.21. The molecule has 1 aliphatic rings. The molecule has 35 heavy (non-hydrogen) atoms. The van der Waals surface area contributed by atoms with Crippen molar-refractivity contribution in [1.29, 1.82) is 0 Å². The smallest absolute Gasteiger partial charge is 0.270 e. The Bertz CT molecular complexity index is 1350. The molecule has 2 aromatic carbocycles. The zero-order chi connectivity index (χ0) is 24.8. The van der Waals surface area contributed by atoms with E-state index in [9.17, 15) is 19.7 Å². The molecule has 0 unspecified atom stereocenters. The lowest BCUT2D eigenvalue weighted by Gasteiger charge is -2.36. The van der Waals surface area contributed by atoms with E-state index in [1.165, 1.54) is 35.2 Å². The molecule has 0 atom stereocenters. The molecule has 0 aliphatic carbocycles. The summed E-state index contributed by atoms with van der Waals surface area (Å²) in [6, 6.07) is 14.6. The quantitative estimate of drug-likeness (QED) is 0.276. The van der Waals surface area contributed by atoms with Crippen LogP contribution >= 0.6 is 23.1 Å². The van der Waals surface area contributed by atoms with Gasteiger partial charge < -0.3 is 14.4 Å². The number of carbonyl (C=O) groups excluding carboxylic acids is 2. The summed E-state index contributed by atoms with van der Waals surface area (Å²) in [5.74, 6) is 2.41.